The minimum Gasteiger partial charge on any atom is -0.483 e. The molecule has 1 aliphatic rings. The number of halogens is 1. The Bertz CT molecular complexity index is 997. The van der Waals surface area contributed by atoms with Crippen LogP contribution in [0.25, 0.3) is 0 Å². The summed E-state index contributed by atoms with van der Waals surface area (Å²) in [5.74, 6) is 1.28. The van der Waals surface area contributed by atoms with E-state index < -0.39 is 6.35 Å². The van der Waals surface area contributed by atoms with Crippen molar-refractivity contribution in [1.82, 2.24) is 19.9 Å². The zero-order valence-corrected chi connectivity index (χ0v) is 16.9. The summed E-state index contributed by atoms with van der Waals surface area (Å²) in [5, 5.41) is 13.5. The van der Waals surface area contributed by atoms with E-state index in [1.54, 1.807) is 30.6 Å². The molecule has 1 atom stereocenters. The van der Waals surface area contributed by atoms with Crippen molar-refractivity contribution < 1.29 is 14.2 Å². The van der Waals surface area contributed by atoms with Crippen LogP contribution in [0, 0.1) is 5.82 Å². The number of hydrogen-bond donors (Lipinski definition) is 3. The highest BCUT2D eigenvalue weighted by molar-refractivity contribution is 5.52. The topological polar surface area (TPSA) is 113 Å². The smallest absolute Gasteiger partial charge is 0.220 e. The van der Waals surface area contributed by atoms with Crippen LogP contribution in [0.5, 0.6) is 5.75 Å². The van der Waals surface area contributed by atoms with E-state index >= 15 is 0 Å². The van der Waals surface area contributed by atoms with Gasteiger partial charge in [-0.3, -0.25) is 4.90 Å². The molecule has 31 heavy (non-hydrogen) atoms. The number of ether oxygens (including phenoxy) is 1. The summed E-state index contributed by atoms with van der Waals surface area (Å²) in [7, 11) is 0. The number of nitrogen functional groups attached to an aromatic ring is 1. The van der Waals surface area contributed by atoms with Gasteiger partial charge in [0.1, 0.15) is 12.4 Å². The molecule has 4 N–H and O–H groups in total. The van der Waals surface area contributed by atoms with Crippen molar-refractivity contribution in [3.8, 4) is 5.75 Å². The number of nitrogens with zero attached hydrogens (tertiary/aromatic N) is 5. The molecule has 1 aliphatic heterocycles. The SMILES string of the molecule is Nc1nccc(COc2cccnc2N2CCN(C(O)Nc3ccc(F)cc3)CC2)n1. The first-order valence-corrected chi connectivity index (χ1v) is 9.93. The van der Waals surface area contributed by atoms with Crippen molar-refractivity contribution in [2.24, 2.45) is 0 Å². The average Bonchev–Trinajstić information content (AvgIpc) is 2.79. The van der Waals surface area contributed by atoms with Gasteiger partial charge in [-0.25, -0.2) is 19.3 Å². The maximum absolute atomic E-state index is 13.1. The second kappa shape index (κ2) is 9.54. The van der Waals surface area contributed by atoms with Gasteiger partial charge in [0.25, 0.3) is 0 Å². The molecule has 0 radical (unpaired) electrons. The van der Waals surface area contributed by atoms with E-state index in [2.05, 4.69) is 25.2 Å². The Kier molecular flexibility index (Phi) is 6.39. The molecule has 0 spiro atoms. The molecule has 3 heterocycles. The van der Waals surface area contributed by atoms with E-state index in [1.807, 2.05) is 17.0 Å². The fraction of sp³-hybridized carbons (Fsp3) is 0.286. The quantitative estimate of drug-likeness (QED) is 0.487. The van der Waals surface area contributed by atoms with E-state index in [0.717, 1.165) is 5.82 Å². The molecule has 1 aromatic carbocycles. The molecule has 0 saturated carbocycles. The average molecular weight is 425 g/mol. The second-order valence-electron chi connectivity index (χ2n) is 7.07. The van der Waals surface area contributed by atoms with Gasteiger partial charge >= 0.3 is 0 Å². The van der Waals surface area contributed by atoms with Crippen LogP contribution in [-0.2, 0) is 6.61 Å². The highest BCUT2D eigenvalue weighted by atomic mass is 19.1. The molecule has 1 unspecified atom stereocenters. The molecule has 9 nitrogen and oxygen atoms in total. The van der Waals surface area contributed by atoms with Crippen LogP contribution >= 0.6 is 0 Å². The van der Waals surface area contributed by atoms with Gasteiger partial charge in [0, 0.05) is 44.3 Å². The highest BCUT2D eigenvalue weighted by Crippen LogP contribution is 2.27. The first kappa shape index (κ1) is 20.8. The molecule has 1 fully saturated rings. The highest BCUT2D eigenvalue weighted by Gasteiger charge is 2.24. The third kappa shape index (κ3) is 5.36. The van der Waals surface area contributed by atoms with E-state index in [4.69, 9.17) is 10.5 Å². The molecule has 0 bridgehead atoms. The Labute approximate surface area is 179 Å². The molecule has 10 heteroatoms. The molecule has 1 saturated heterocycles. The summed E-state index contributed by atoms with van der Waals surface area (Å²) < 4.78 is 19.0. The van der Waals surface area contributed by atoms with Crippen LogP contribution < -0.4 is 20.7 Å². The van der Waals surface area contributed by atoms with Crippen molar-refractivity contribution in [3.63, 3.8) is 0 Å². The van der Waals surface area contributed by atoms with Gasteiger partial charge in [-0.05, 0) is 42.5 Å². The normalized spacial score (nSPS) is 15.5. The van der Waals surface area contributed by atoms with Crippen molar-refractivity contribution in [1.29, 1.82) is 0 Å². The van der Waals surface area contributed by atoms with Crippen LogP contribution in [0.4, 0.5) is 21.8 Å². The fourth-order valence-electron chi connectivity index (χ4n) is 3.34. The Morgan fingerprint density at radius 1 is 1.06 bits per heavy atom. The Morgan fingerprint density at radius 2 is 1.84 bits per heavy atom. The molecular formula is C21H24FN7O2. The number of rotatable bonds is 7. The van der Waals surface area contributed by atoms with Crippen molar-refractivity contribution in [2.45, 2.75) is 13.0 Å². The van der Waals surface area contributed by atoms with E-state index in [1.165, 1.54) is 12.1 Å². The van der Waals surface area contributed by atoms with E-state index in [0.29, 0.717) is 43.3 Å². The summed E-state index contributed by atoms with van der Waals surface area (Å²) in [6.07, 6.45) is 2.45. The minimum absolute atomic E-state index is 0.205. The summed E-state index contributed by atoms with van der Waals surface area (Å²) in [5.41, 5.74) is 6.96. The maximum Gasteiger partial charge on any atom is 0.220 e. The molecule has 0 aliphatic carbocycles. The number of anilines is 3. The van der Waals surface area contributed by atoms with Crippen LogP contribution in [-0.4, -0.2) is 57.5 Å². The van der Waals surface area contributed by atoms with Gasteiger partial charge in [0.05, 0.1) is 5.69 Å². The molecule has 2 aromatic heterocycles. The number of aromatic nitrogens is 3. The maximum atomic E-state index is 13.1. The lowest BCUT2D eigenvalue weighted by Crippen LogP contribution is -2.52. The summed E-state index contributed by atoms with van der Waals surface area (Å²) >= 11 is 0. The van der Waals surface area contributed by atoms with Crippen LogP contribution in [0.15, 0.2) is 54.9 Å². The zero-order valence-electron chi connectivity index (χ0n) is 16.9. The number of nitrogens with two attached hydrogens (primary N) is 1. The lowest BCUT2D eigenvalue weighted by atomic mass is 10.3. The van der Waals surface area contributed by atoms with Gasteiger partial charge in [-0.2, -0.15) is 0 Å². The monoisotopic (exact) mass is 425 g/mol. The predicted octanol–water partition coefficient (Wildman–Crippen LogP) is 1.68. The Morgan fingerprint density at radius 3 is 2.58 bits per heavy atom. The van der Waals surface area contributed by atoms with Crippen LogP contribution in [0.2, 0.25) is 0 Å². The third-order valence-electron chi connectivity index (χ3n) is 4.96. The van der Waals surface area contributed by atoms with Gasteiger partial charge in [0.2, 0.25) is 5.95 Å². The number of hydrogen-bond acceptors (Lipinski definition) is 9. The van der Waals surface area contributed by atoms with Crippen LogP contribution in [0.1, 0.15) is 5.69 Å². The van der Waals surface area contributed by atoms with Crippen molar-refractivity contribution >= 4 is 17.5 Å². The summed E-state index contributed by atoms with van der Waals surface area (Å²) in [6.45, 7) is 2.82. The summed E-state index contributed by atoms with van der Waals surface area (Å²) in [6, 6.07) is 11.3. The number of piperazine rings is 1. The number of aliphatic hydroxyl groups excluding tert-OH is 1. The second-order valence-corrected chi connectivity index (χ2v) is 7.07. The summed E-state index contributed by atoms with van der Waals surface area (Å²) in [4.78, 5) is 16.5. The van der Waals surface area contributed by atoms with Gasteiger partial charge in [-0.15, -0.1) is 0 Å². The number of nitrogens with one attached hydrogen (secondary N) is 1. The van der Waals surface area contributed by atoms with Crippen molar-refractivity contribution in [2.75, 3.05) is 42.1 Å². The third-order valence-corrected chi connectivity index (χ3v) is 4.96. The van der Waals surface area contributed by atoms with Gasteiger partial charge in [0.15, 0.2) is 17.9 Å². The molecule has 0 amide bonds. The molecule has 4 rings (SSSR count). The molecule has 162 valence electrons. The first-order chi connectivity index (χ1) is 15.1. The minimum atomic E-state index is -0.865. The van der Waals surface area contributed by atoms with Crippen LogP contribution in [0.3, 0.4) is 0 Å². The standard InChI is InChI=1S/C21H24FN7O2/c22-15-3-5-16(6-4-15)27-21(30)29-12-10-28(11-13-29)19-18(2-1-8-24-19)31-14-17-7-9-25-20(23)26-17/h1-9,21,27,30H,10-14H2,(H2,23,25,26). The first-order valence-electron chi connectivity index (χ1n) is 9.93. The predicted molar refractivity (Wildman–Crippen MR) is 115 cm³/mol. The fourth-order valence-corrected chi connectivity index (χ4v) is 3.34. The number of pyridine rings is 1. The molecule has 3 aromatic rings. The number of benzene rings is 1. The Balaban J connectivity index is 1.34. The lowest BCUT2D eigenvalue weighted by molar-refractivity contribution is 0.0224. The lowest BCUT2D eigenvalue weighted by Gasteiger charge is -2.38. The van der Waals surface area contributed by atoms with Gasteiger partial charge < -0.3 is 25.8 Å². The van der Waals surface area contributed by atoms with Gasteiger partial charge in [-0.1, -0.05) is 0 Å². The zero-order chi connectivity index (χ0) is 21.6. The number of aliphatic hydroxyl groups is 1. The van der Waals surface area contributed by atoms with Crippen molar-refractivity contribution in [3.05, 3.63) is 66.4 Å². The van der Waals surface area contributed by atoms with E-state index in [-0.39, 0.29) is 18.4 Å². The molecular weight excluding hydrogens is 401 g/mol. The Hall–Kier alpha value is -3.50. The largest absolute Gasteiger partial charge is 0.483 e. The van der Waals surface area contributed by atoms with E-state index in [9.17, 15) is 9.50 Å².